The summed E-state index contributed by atoms with van der Waals surface area (Å²) in [6.45, 7) is 6.93. The minimum absolute atomic E-state index is 0.224. The molecule has 1 aromatic rings. The molecular weight excluding hydrogens is 172 g/mol. The molecule has 1 heteroatoms. The van der Waals surface area contributed by atoms with Crippen LogP contribution in [0, 0.1) is 6.92 Å². The first-order chi connectivity index (χ1) is 6.18. The molecular formula is C12H15Si. The van der Waals surface area contributed by atoms with Crippen molar-refractivity contribution in [3.63, 3.8) is 0 Å². The summed E-state index contributed by atoms with van der Waals surface area (Å²) in [6.07, 6.45) is 4.66. The van der Waals surface area contributed by atoms with Crippen LogP contribution in [0.4, 0.5) is 0 Å². The molecule has 0 bridgehead atoms. The smallest absolute Gasteiger partial charge is 0.0548 e. The summed E-state index contributed by atoms with van der Waals surface area (Å²) in [5.74, 6) is 0. The first kappa shape index (κ1) is 8.76. The van der Waals surface area contributed by atoms with Gasteiger partial charge in [-0.15, -0.1) is 0 Å². The molecule has 0 saturated heterocycles. The third-order valence-corrected chi connectivity index (χ3v) is 4.42. The quantitative estimate of drug-likeness (QED) is 0.591. The molecule has 0 saturated carbocycles. The zero-order valence-corrected chi connectivity index (χ0v) is 9.46. The molecule has 0 spiro atoms. The number of hydrogen-bond acceptors (Lipinski definition) is 0. The maximum absolute atomic E-state index is 2.38. The number of benzene rings is 1. The lowest BCUT2D eigenvalue weighted by Gasteiger charge is -2.13. The van der Waals surface area contributed by atoms with Crippen molar-refractivity contribution in [2.45, 2.75) is 25.6 Å². The monoisotopic (exact) mass is 187 g/mol. The highest BCUT2D eigenvalue weighted by molar-refractivity contribution is 6.58. The van der Waals surface area contributed by atoms with Gasteiger partial charge in [-0.2, -0.15) is 0 Å². The van der Waals surface area contributed by atoms with Gasteiger partial charge in [-0.3, -0.25) is 0 Å². The van der Waals surface area contributed by atoms with E-state index in [1.54, 1.807) is 5.56 Å². The topological polar surface area (TPSA) is 0 Å². The Balaban J connectivity index is 2.44. The van der Waals surface area contributed by atoms with Crippen molar-refractivity contribution in [1.29, 1.82) is 0 Å². The fourth-order valence-corrected chi connectivity index (χ4v) is 3.29. The first-order valence-electron chi connectivity index (χ1n) is 4.77. The van der Waals surface area contributed by atoms with Crippen LogP contribution < -0.4 is 0 Å². The Hall–Kier alpha value is -0.823. The van der Waals surface area contributed by atoms with Gasteiger partial charge in [0.05, 0.1) is 8.80 Å². The highest BCUT2D eigenvalue weighted by Crippen LogP contribution is 2.32. The van der Waals surface area contributed by atoms with E-state index >= 15 is 0 Å². The van der Waals surface area contributed by atoms with E-state index in [1.165, 1.54) is 11.1 Å². The average molecular weight is 187 g/mol. The molecule has 2 rings (SSSR count). The van der Waals surface area contributed by atoms with Crippen molar-refractivity contribution < 1.29 is 0 Å². The largest absolute Gasteiger partial charge is 0.0794 e. The zero-order chi connectivity index (χ0) is 9.42. The van der Waals surface area contributed by atoms with Crippen molar-refractivity contribution in [3.8, 4) is 0 Å². The van der Waals surface area contributed by atoms with Gasteiger partial charge < -0.3 is 0 Å². The van der Waals surface area contributed by atoms with E-state index in [0.29, 0.717) is 0 Å². The summed E-state index contributed by atoms with van der Waals surface area (Å²) in [5, 5.41) is 0. The second-order valence-corrected chi connectivity index (χ2v) is 6.82. The normalized spacial score (nSPS) is 19.5. The molecule has 0 nitrogen and oxygen atoms in total. The summed E-state index contributed by atoms with van der Waals surface area (Å²) in [5.41, 5.74) is 5.09. The zero-order valence-electron chi connectivity index (χ0n) is 8.46. The number of allylic oxidation sites excluding steroid dienone is 1. The first-order valence-corrected chi connectivity index (χ1v) is 7.35. The maximum Gasteiger partial charge on any atom is 0.0548 e. The van der Waals surface area contributed by atoms with Gasteiger partial charge >= 0.3 is 0 Å². The number of hydrogen-bond donors (Lipinski definition) is 0. The van der Waals surface area contributed by atoms with Crippen LogP contribution in [0.15, 0.2) is 24.3 Å². The summed E-state index contributed by atoms with van der Waals surface area (Å²) in [6, 6.07) is 6.81. The second-order valence-electron chi connectivity index (χ2n) is 4.05. The van der Waals surface area contributed by atoms with Crippen molar-refractivity contribution in [2.75, 3.05) is 0 Å². The Kier molecular flexibility index (Phi) is 2.12. The predicted molar refractivity (Wildman–Crippen MR) is 60.4 cm³/mol. The van der Waals surface area contributed by atoms with Gasteiger partial charge in [0.25, 0.3) is 0 Å². The van der Waals surface area contributed by atoms with Crippen LogP contribution in [0.25, 0.3) is 6.08 Å². The van der Waals surface area contributed by atoms with Crippen LogP contribution in [0.1, 0.15) is 22.2 Å². The summed E-state index contributed by atoms with van der Waals surface area (Å²) in [4.78, 5) is 0. The molecule has 13 heavy (non-hydrogen) atoms. The molecule has 1 unspecified atom stereocenters. The lowest BCUT2D eigenvalue weighted by Crippen LogP contribution is -2.12. The van der Waals surface area contributed by atoms with E-state index in [1.807, 2.05) is 0 Å². The van der Waals surface area contributed by atoms with Crippen LogP contribution in [-0.2, 0) is 0 Å². The Morgan fingerprint density at radius 2 is 2.00 bits per heavy atom. The van der Waals surface area contributed by atoms with E-state index in [0.717, 1.165) is 5.54 Å². The van der Waals surface area contributed by atoms with Crippen LogP contribution >= 0.6 is 0 Å². The molecule has 0 aromatic heterocycles. The highest BCUT2D eigenvalue weighted by atomic mass is 28.3. The summed E-state index contributed by atoms with van der Waals surface area (Å²) >= 11 is 0. The average Bonchev–Trinajstić information content (AvgIpc) is 2.46. The van der Waals surface area contributed by atoms with Gasteiger partial charge in [-0.25, -0.2) is 0 Å². The van der Waals surface area contributed by atoms with Crippen molar-refractivity contribution in [1.82, 2.24) is 0 Å². The lowest BCUT2D eigenvalue weighted by atomic mass is 10.1. The molecule has 0 heterocycles. The molecule has 1 aliphatic carbocycles. The molecule has 1 aromatic carbocycles. The molecule has 67 valence electrons. The van der Waals surface area contributed by atoms with Gasteiger partial charge in [0.15, 0.2) is 0 Å². The highest BCUT2D eigenvalue weighted by Gasteiger charge is 2.20. The molecule has 1 radical (unpaired) electrons. The fourth-order valence-electron chi connectivity index (χ4n) is 1.93. The van der Waals surface area contributed by atoms with Gasteiger partial charge in [0, 0.05) is 0 Å². The van der Waals surface area contributed by atoms with E-state index < -0.39 is 0 Å². The lowest BCUT2D eigenvalue weighted by molar-refractivity contribution is 1.19. The molecule has 0 amide bonds. The van der Waals surface area contributed by atoms with Gasteiger partial charge in [0.1, 0.15) is 0 Å². The summed E-state index contributed by atoms with van der Waals surface area (Å²) < 4.78 is 0. The van der Waals surface area contributed by atoms with Crippen LogP contribution in [0.3, 0.4) is 0 Å². The predicted octanol–water partition coefficient (Wildman–Crippen LogP) is 3.40. The number of rotatable bonds is 1. The van der Waals surface area contributed by atoms with Crippen LogP contribution in [0.2, 0.25) is 13.1 Å². The SMILES string of the molecule is Cc1ccc2c(c1)C=CC2[Si](C)C. The molecule has 0 aliphatic heterocycles. The molecule has 1 atom stereocenters. The van der Waals surface area contributed by atoms with Gasteiger partial charge in [0.2, 0.25) is 0 Å². The van der Waals surface area contributed by atoms with E-state index in [-0.39, 0.29) is 8.80 Å². The Labute approximate surface area is 81.9 Å². The Bertz CT molecular complexity index is 350. The van der Waals surface area contributed by atoms with Crippen molar-refractivity contribution >= 4 is 14.9 Å². The summed E-state index contributed by atoms with van der Waals surface area (Å²) in [7, 11) is -0.224. The third-order valence-electron chi connectivity index (χ3n) is 2.67. The van der Waals surface area contributed by atoms with Crippen LogP contribution in [0.5, 0.6) is 0 Å². The van der Waals surface area contributed by atoms with E-state index in [9.17, 15) is 0 Å². The van der Waals surface area contributed by atoms with Gasteiger partial charge in [-0.1, -0.05) is 49.0 Å². The van der Waals surface area contributed by atoms with Gasteiger partial charge in [-0.05, 0) is 23.6 Å². The molecule has 0 N–H and O–H groups in total. The Morgan fingerprint density at radius 1 is 1.23 bits per heavy atom. The molecule has 0 fully saturated rings. The minimum atomic E-state index is -0.224. The fraction of sp³-hybridized carbons (Fsp3) is 0.333. The number of aryl methyl sites for hydroxylation is 1. The van der Waals surface area contributed by atoms with E-state index in [2.05, 4.69) is 50.4 Å². The van der Waals surface area contributed by atoms with E-state index in [4.69, 9.17) is 0 Å². The van der Waals surface area contributed by atoms with Crippen LogP contribution in [-0.4, -0.2) is 8.80 Å². The van der Waals surface area contributed by atoms with Crippen molar-refractivity contribution in [3.05, 3.63) is 41.0 Å². The third kappa shape index (κ3) is 1.48. The minimum Gasteiger partial charge on any atom is -0.0794 e. The maximum atomic E-state index is 2.38. The van der Waals surface area contributed by atoms with Crippen molar-refractivity contribution in [2.24, 2.45) is 0 Å². The number of fused-ring (bicyclic) bond motifs is 1. The molecule has 1 aliphatic rings. The second kappa shape index (κ2) is 3.15. The Morgan fingerprint density at radius 3 is 2.69 bits per heavy atom. The standard InChI is InChI=1S/C12H15Si/c1-9-4-6-11-10(8-9)5-7-12(11)13(2)3/h4-8,12H,1-3H3.